The summed E-state index contributed by atoms with van der Waals surface area (Å²) in [5.74, 6) is -0.0492. The zero-order valence-electron chi connectivity index (χ0n) is 30.2. The Morgan fingerprint density at radius 2 is 1.67 bits per heavy atom. The van der Waals surface area contributed by atoms with Crippen LogP contribution in [0.1, 0.15) is 92.4 Å². The molecule has 5 N–H and O–H groups in total. The van der Waals surface area contributed by atoms with Gasteiger partial charge in [0.1, 0.15) is 6.04 Å². The average molecular weight is 704 g/mol. The Hall–Kier alpha value is -3.88. The fourth-order valence-corrected chi connectivity index (χ4v) is 8.78. The van der Waals surface area contributed by atoms with Gasteiger partial charge < -0.3 is 10.6 Å². The fraction of sp³-hybridized carbons (Fsp3) is 0.676. The first-order chi connectivity index (χ1) is 24.8. The summed E-state index contributed by atoms with van der Waals surface area (Å²) >= 11 is 0. The number of nitrogens with zero attached hydrogens (tertiary/aromatic N) is 5. The molecule has 14 nitrogen and oxygen atoms in total. The van der Waals surface area contributed by atoms with Crippen LogP contribution in [0, 0.1) is 5.92 Å². The molecule has 1 aliphatic carbocycles. The number of imide groups is 2. The molecule has 7 rings (SSSR count). The number of hydrogen-bond acceptors (Lipinski definition) is 11. The molecule has 0 bridgehead atoms. The van der Waals surface area contributed by atoms with Crippen LogP contribution >= 0.6 is 0 Å². The molecule has 5 heterocycles. The minimum atomic E-state index is -0.966. The molecule has 4 amide bonds. The van der Waals surface area contributed by atoms with E-state index in [9.17, 15) is 19.2 Å². The lowest BCUT2D eigenvalue weighted by atomic mass is 9.93. The summed E-state index contributed by atoms with van der Waals surface area (Å²) in [5, 5.41) is 13.4. The van der Waals surface area contributed by atoms with Crippen molar-refractivity contribution in [3.63, 3.8) is 0 Å². The average Bonchev–Trinajstić information content (AvgIpc) is 3.85. The predicted molar refractivity (Wildman–Crippen MR) is 195 cm³/mol. The van der Waals surface area contributed by atoms with Gasteiger partial charge in [-0.15, -0.1) is 4.68 Å². The molecule has 1 saturated carbocycles. The summed E-state index contributed by atoms with van der Waals surface area (Å²) in [6, 6.07) is 5.26. The van der Waals surface area contributed by atoms with E-state index in [4.69, 9.17) is 4.99 Å². The first kappa shape index (κ1) is 35.5. The third-order valence-electron chi connectivity index (χ3n) is 11.7. The highest BCUT2D eigenvalue weighted by atomic mass is 16.2. The number of rotatable bonds is 13. The molecule has 0 radical (unpaired) electrons. The Morgan fingerprint density at radius 1 is 0.922 bits per heavy atom. The van der Waals surface area contributed by atoms with Crippen LogP contribution in [0.15, 0.2) is 23.2 Å². The van der Waals surface area contributed by atoms with Crippen molar-refractivity contribution in [1.82, 2.24) is 36.1 Å². The van der Waals surface area contributed by atoms with E-state index in [0.29, 0.717) is 41.4 Å². The monoisotopic (exact) mass is 703 g/mol. The molecule has 276 valence electrons. The van der Waals surface area contributed by atoms with Crippen molar-refractivity contribution >= 4 is 40.9 Å². The standard InChI is InChI=1S/C37H54N10O4/c1-3-24(4-2)29-23-32(47-31(42-29)12-13-40-47)41-26-9-8-25(22-26)38-14-16-44-18-20-45(21-19-44)17-15-39-28-7-5-6-27-34(28)37(51)46(36(27)50)30-10-11-33(48)43-35(30)49/h5-7,24-26,30-31,38,40H,3-4,8-23H2,1-2H3,(H2,39,43,48,49,51)/p+1/t25-,26-,30?,31?/m0/s1. The maximum atomic E-state index is 13.4. The SMILES string of the molecule is CCC(CC)C1=NC2CCN[N+]2=C(N[C@H]2CC[C@H](NCCN3CCN(CCNc4cccc5c4C(=O)N(C4CCC(=O)NC4=O)C5=O)CC3)C2)C1. The highest BCUT2D eigenvalue weighted by Gasteiger charge is 2.45. The summed E-state index contributed by atoms with van der Waals surface area (Å²) in [7, 11) is 0. The van der Waals surface area contributed by atoms with E-state index in [0.717, 1.165) is 89.4 Å². The van der Waals surface area contributed by atoms with Crippen molar-refractivity contribution in [3.8, 4) is 0 Å². The predicted octanol–water partition coefficient (Wildman–Crippen LogP) is 1.14. The topological polar surface area (TPSA) is 154 Å². The van der Waals surface area contributed by atoms with Crippen LogP contribution in [0.5, 0.6) is 0 Å². The number of hydrogen-bond donors (Lipinski definition) is 5. The zero-order valence-corrected chi connectivity index (χ0v) is 30.2. The molecular formula is C37H55N10O4+. The van der Waals surface area contributed by atoms with E-state index in [-0.39, 0.29) is 24.9 Å². The van der Waals surface area contributed by atoms with Crippen LogP contribution in [-0.2, 0) is 9.59 Å². The van der Waals surface area contributed by atoms with Gasteiger partial charge in [-0.05, 0) is 50.2 Å². The number of aliphatic imine (C=N–C) groups is 1. The number of hydrazone groups is 1. The van der Waals surface area contributed by atoms with Crippen molar-refractivity contribution < 1.29 is 23.9 Å². The van der Waals surface area contributed by atoms with Gasteiger partial charge in [0, 0.05) is 89.1 Å². The van der Waals surface area contributed by atoms with Crippen LogP contribution in [0.25, 0.3) is 0 Å². The number of carbonyl (C=O) groups is 4. The van der Waals surface area contributed by atoms with Crippen molar-refractivity contribution in [2.24, 2.45) is 10.9 Å². The second kappa shape index (κ2) is 15.8. The van der Waals surface area contributed by atoms with Gasteiger partial charge in [-0.25, -0.2) is 4.99 Å². The number of amidine groups is 1. The molecule has 51 heavy (non-hydrogen) atoms. The second-order valence-corrected chi connectivity index (χ2v) is 14.9. The summed E-state index contributed by atoms with van der Waals surface area (Å²) in [5.41, 5.74) is 6.14. The molecule has 6 aliphatic rings. The van der Waals surface area contributed by atoms with Gasteiger partial charge in [0.05, 0.1) is 30.1 Å². The fourth-order valence-electron chi connectivity index (χ4n) is 8.78. The first-order valence-corrected chi connectivity index (χ1v) is 19.3. The van der Waals surface area contributed by atoms with Crippen molar-refractivity contribution in [2.45, 2.75) is 95.9 Å². The van der Waals surface area contributed by atoms with E-state index in [1.165, 1.54) is 24.4 Å². The Bertz CT molecular complexity index is 1570. The molecular weight excluding hydrogens is 648 g/mol. The Balaban J connectivity index is 0.808. The van der Waals surface area contributed by atoms with Gasteiger partial charge in [-0.1, -0.05) is 19.9 Å². The number of piperidine rings is 1. The number of fused-ring (bicyclic) bond motifs is 2. The van der Waals surface area contributed by atoms with Gasteiger partial charge in [0.15, 0.2) is 0 Å². The number of nitrogens with one attached hydrogen (secondary N) is 5. The molecule has 0 spiro atoms. The van der Waals surface area contributed by atoms with Crippen molar-refractivity contribution in [2.75, 3.05) is 64.2 Å². The summed E-state index contributed by atoms with van der Waals surface area (Å²) in [4.78, 5) is 61.7. The summed E-state index contributed by atoms with van der Waals surface area (Å²) < 4.78 is 2.30. The van der Waals surface area contributed by atoms with Gasteiger partial charge in [-0.2, -0.15) is 0 Å². The van der Waals surface area contributed by atoms with Crippen LogP contribution in [0.2, 0.25) is 0 Å². The van der Waals surface area contributed by atoms with Crippen LogP contribution in [0.3, 0.4) is 0 Å². The first-order valence-electron chi connectivity index (χ1n) is 19.3. The van der Waals surface area contributed by atoms with Gasteiger partial charge >= 0.3 is 0 Å². The van der Waals surface area contributed by atoms with Gasteiger partial charge in [-0.3, -0.25) is 49.9 Å². The summed E-state index contributed by atoms with van der Waals surface area (Å²) in [6.07, 6.45) is 8.36. The lowest BCUT2D eigenvalue weighted by Crippen LogP contribution is -2.54. The molecule has 1 aromatic rings. The molecule has 14 heteroatoms. The largest absolute Gasteiger partial charge is 0.383 e. The van der Waals surface area contributed by atoms with E-state index in [1.807, 2.05) is 0 Å². The van der Waals surface area contributed by atoms with Gasteiger partial charge in [0.25, 0.3) is 17.6 Å². The van der Waals surface area contributed by atoms with Crippen LogP contribution < -0.4 is 26.7 Å². The van der Waals surface area contributed by atoms with E-state index < -0.39 is 23.8 Å². The normalized spacial score (nSPS) is 27.1. The van der Waals surface area contributed by atoms with E-state index in [2.05, 4.69) is 55.0 Å². The van der Waals surface area contributed by atoms with Crippen LogP contribution in [-0.4, -0.2) is 138 Å². The molecule has 2 unspecified atom stereocenters. The lowest BCUT2D eigenvalue weighted by Gasteiger charge is -2.35. The molecule has 0 aromatic heterocycles. The second-order valence-electron chi connectivity index (χ2n) is 14.9. The Kier molecular flexibility index (Phi) is 11.0. The number of anilines is 1. The summed E-state index contributed by atoms with van der Waals surface area (Å²) in [6.45, 7) is 13.1. The minimum absolute atomic E-state index is 0.102. The number of benzene rings is 1. The smallest absolute Gasteiger partial charge is 0.275 e. The molecule has 4 fully saturated rings. The van der Waals surface area contributed by atoms with Crippen molar-refractivity contribution in [3.05, 3.63) is 29.3 Å². The number of carbonyl (C=O) groups excluding carboxylic acids is 4. The Labute approximate surface area is 300 Å². The Morgan fingerprint density at radius 3 is 2.41 bits per heavy atom. The van der Waals surface area contributed by atoms with Crippen LogP contribution in [0.4, 0.5) is 5.69 Å². The number of piperazine rings is 1. The van der Waals surface area contributed by atoms with E-state index in [1.54, 1.807) is 18.2 Å². The molecule has 5 aliphatic heterocycles. The maximum absolute atomic E-state index is 13.4. The highest BCUT2D eigenvalue weighted by Crippen LogP contribution is 2.32. The zero-order chi connectivity index (χ0) is 35.5. The minimum Gasteiger partial charge on any atom is -0.383 e. The maximum Gasteiger partial charge on any atom is 0.275 e. The molecule has 3 saturated heterocycles. The van der Waals surface area contributed by atoms with E-state index >= 15 is 0 Å². The molecule has 4 atom stereocenters. The quantitative estimate of drug-likeness (QED) is 0.149. The lowest BCUT2D eigenvalue weighted by molar-refractivity contribution is -0.601. The van der Waals surface area contributed by atoms with Gasteiger partial charge in [0.2, 0.25) is 18.0 Å². The highest BCUT2D eigenvalue weighted by molar-refractivity contribution is 6.25. The number of amides is 4. The number of hydrazine groups is 1. The third kappa shape index (κ3) is 7.68. The molecule has 1 aromatic carbocycles. The van der Waals surface area contributed by atoms with Crippen molar-refractivity contribution in [1.29, 1.82) is 0 Å². The third-order valence-corrected chi connectivity index (χ3v) is 11.7.